The molecule has 19 heavy (non-hydrogen) atoms. The molecule has 5 nitrogen and oxygen atoms in total. The van der Waals surface area contributed by atoms with Gasteiger partial charge < -0.3 is 4.90 Å². The number of carbonyl (C=O) groups excluding carboxylic acids is 1. The Bertz CT molecular complexity index is 507. The first-order chi connectivity index (χ1) is 9.00. The topological polar surface area (TPSA) is 63.5 Å². The second-order valence-electron chi connectivity index (χ2n) is 5.11. The second-order valence-corrected chi connectivity index (χ2v) is 5.11. The van der Waals surface area contributed by atoms with Crippen molar-refractivity contribution in [3.8, 4) is 0 Å². The zero-order valence-corrected chi connectivity index (χ0v) is 11.3. The lowest BCUT2D eigenvalue weighted by atomic mass is 10.1. The molecule has 1 saturated carbocycles. The zero-order chi connectivity index (χ0) is 14.0. The summed E-state index contributed by atoms with van der Waals surface area (Å²) in [5, 5.41) is 10.9. The lowest BCUT2D eigenvalue weighted by molar-refractivity contribution is -0.385. The average Bonchev–Trinajstić information content (AvgIpc) is 2.91. The van der Waals surface area contributed by atoms with Gasteiger partial charge in [0.25, 0.3) is 11.6 Å². The Morgan fingerprint density at radius 2 is 2.00 bits per heavy atom. The molecule has 0 bridgehead atoms. The highest BCUT2D eigenvalue weighted by Gasteiger charge is 2.25. The van der Waals surface area contributed by atoms with E-state index in [0.717, 1.165) is 25.7 Å². The van der Waals surface area contributed by atoms with Crippen LogP contribution in [-0.4, -0.2) is 28.8 Å². The van der Waals surface area contributed by atoms with Gasteiger partial charge in [-0.25, -0.2) is 0 Å². The summed E-state index contributed by atoms with van der Waals surface area (Å²) in [6, 6.07) is 4.94. The number of aryl methyl sites for hydroxylation is 1. The highest BCUT2D eigenvalue weighted by molar-refractivity contribution is 5.95. The summed E-state index contributed by atoms with van der Waals surface area (Å²) in [4.78, 5) is 24.5. The van der Waals surface area contributed by atoms with Gasteiger partial charge in [-0.1, -0.05) is 18.9 Å². The van der Waals surface area contributed by atoms with Gasteiger partial charge in [0, 0.05) is 30.3 Å². The fourth-order valence-electron chi connectivity index (χ4n) is 2.60. The number of hydrogen-bond donors (Lipinski definition) is 0. The van der Waals surface area contributed by atoms with Crippen molar-refractivity contribution in [2.75, 3.05) is 7.05 Å². The van der Waals surface area contributed by atoms with E-state index in [1.54, 1.807) is 31.0 Å². The van der Waals surface area contributed by atoms with Gasteiger partial charge in [-0.3, -0.25) is 14.9 Å². The fraction of sp³-hybridized carbons (Fsp3) is 0.500. The van der Waals surface area contributed by atoms with Crippen LogP contribution in [0.4, 0.5) is 5.69 Å². The summed E-state index contributed by atoms with van der Waals surface area (Å²) in [7, 11) is 1.78. The second kappa shape index (κ2) is 5.38. The van der Waals surface area contributed by atoms with E-state index in [4.69, 9.17) is 0 Å². The molecular weight excluding hydrogens is 244 g/mol. The van der Waals surface area contributed by atoms with E-state index < -0.39 is 4.92 Å². The van der Waals surface area contributed by atoms with Crippen LogP contribution in [0.5, 0.6) is 0 Å². The number of nitro benzene ring substituents is 1. The third-order valence-corrected chi connectivity index (χ3v) is 3.85. The van der Waals surface area contributed by atoms with E-state index in [9.17, 15) is 14.9 Å². The number of amides is 1. The largest absolute Gasteiger partial charge is 0.339 e. The molecule has 1 amide bonds. The van der Waals surface area contributed by atoms with E-state index in [1.165, 1.54) is 6.07 Å². The lowest BCUT2D eigenvalue weighted by Gasteiger charge is -2.24. The van der Waals surface area contributed by atoms with Crippen molar-refractivity contribution in [2.24, 2.45) is 0 Å². The molecule has 1 aliphatic carbocycles. The van der Waals surface area contributed by atoms with Crippen molar-refractivity contribution in [3.05, 3.63) is 39.4 Å². The van der Waals surface area contributed by atoms with Gasteiger partial charge in [0.1, 0.15) is 0 Å². The summed E-state index contributed by atoms with van der Waals surface area (Å²) in [5.74, 6) is -0.130. The first-order valence-electron chi connectivity index (χ1n) is 6.53. The van der Waals surface area contributed by atoms with Crippen LogP contribution in [0.3, 0.4) is 0 Å². The van der Waals surface area contributed by atoms with Gasteiger partial charge in [0.15, 0.2) is 0 Å². The molecule has 1 aromatic carbocycles. The van der Waals surface area contributed by atoms with Gasteiger partial charge in [0.05, 0.1) is 4.92 Å². The highest BCUT2D eigenvalue weighted by atomic mass is 16.6. The molecule has 1 fully saturated rings. The van der Waals surface area contributed by atoms with Crippen LogP contribution < -0.4 is 0 Å². The molecule has 1 aromatic rings. The van der Waals surface area contributed by atoms with Gasteiger partial charge in [0.2, 0.25) is 0 Å². The third kappa shape index (κ3) is 2.75. The van der Waals surface area contributed by atoms with Gasteiger partial charge in [-0.2, -0.15) is 0 Å². The van der Waals surface area contributed by atoms with Crippen molar-refractivity contribution >= 4 is 11.6 Å². The van der Waals surface area contributed by atoms with Crippen LogP contribution in [0.15, 0.2) is 18.2 Å². The van der Waals surface area contributed by atoms with Crippen LogP contribution in [0.2, 0.25) is 0 Å². The monoisotopic (exact) mass is 262 g/mol. The number of benzene rings is 1. The van der Waals surface area contributed by atoms with Gasteiger partial charge in [-0.05, 0) is 25.8 Å². The Morgan fingerprint density at radius 1 is 1.37 bits per heavy atom. The molecule has 0 radical (unpaired) electrons. The molecule has 0 N–H and O–H groups in total. The Balaban J connectivity index is 2.23. The Hall–Kier alpha value is -1.91. The molecular formula is C14H18N2O3. The van der Waals surface area contributed by atoms with Crippen molar-refractivity contribution < 1.29 is 9.72 Å². The highest BCUT2D eigenvalue weighted by Crippen LogP contribution is 2.25. The molecule has 2 rings (SSSR count). The Labute approximate surface area is 112 Å². The summed E-state index contributed by atoms with van der Waals surface area (Å²) >= 11 is 0. The first-order valence-corrected chi connectivity index (χ1v) is 6.53. The SMILES string of the molecule is Cc1ccc(C(=O)N(C)C2CCCC2)cc1[N+](=O)[O-]. The summed E-state index contributed by atoms with van der Waals surface area (Å²) in [5.41, 5.74) is 0.974. The van der Waals surface area contributed by atoms with Crippen molar-refractivity contribution in [2.45, 2.75) is 38.6 Å². The number of rotatable bonds is 3. The maximum absolute atomic E-state index is 12.3. The average molecular weight is 262 g/mol. The summed E-state index contributed by atoms with van der Waals surface area (Å²) in [6.07, 6.45) is 4.35. The van der Waals surface area contributed by atoms with Crippen LogP contribution in [0.25, 0.3) is 0 Å². The van der Waals surface area contributed by atoms with Crippen molar-refractivity contribution in [3.63, 3.8) is 0 Å². The maximum Gasteiger partial charge on any atom is 0.273 e. The van der Waals surface area contributed by atoms with E-state index >= 15 is 0 Å². The molecule has 0 saturated heterocycles. The van der Waals surface area contributed by atoms with Gasteiger partial charge in [-0.15, -0.1) is 0 Å². The minimum atomic E-state index is -0.443. The van der Waals surface area contributed by atoms with E-state index in [-0.39, 0.29) is 17.6 Å². The first kappa shape index (κ1) is 13.5. The van der Waals surface area contributed by atoms with Gasteiger partial charge >= 0.3 is 0 Å². The number of hydrogen-bond acceptors (Lipinski definition) is 3. The third-order valence-electron chi connectivity index (χ3n) is 3.85. The Kier molecular flexibility index (Phi) is 3.83. The molecule has 102 valence electrons. The molecule has 0 unspecified atom stereocenters. The number of nitro groups is 1. The molecule has 0 aromatic heterocycles. The van der Waals surface area contributed by atoms with Crippen molar-refractivity contribution in [1.82, 2.24) is 4.90 Å². The molecule has 1 aliphatic rings. The molecule has 0 atom stereocenters. The minimum Gasteiger partial charge on any atom is -0.339 e. The van der Waals surface area contributed by atoms with E-state index in [0.29, 0.717) is 11.1 Å². The van der Waals surface area contributed by atoms with Crippen LogP contribution in [-0.2, 0) is 0 Å². The summed E-state index contributed by atoms with van der Waals surface area (Å²) < 4.78 is 0. The number of carbonyl (C=O) groups is 1. The maximum atomic E-state index is 12.3. The predicted octanol–water partition coefficient (Wildman–Crippen LogP) is 2.92. The van der Waals surface area contributed by atoms with Crippen LogP contribution in [0, 0.1) is 17.0 Å². The smallest absolute Gasteiger partial charge is 0.273 e. The van der Waals surface area contributed by atoms with E-state index in [2.05, 4.69) is 0 Å². The summed E-state index contributed by atoms with van der Waals surface area (Å²) in [6.45, 7) is 1.67. The standard InChI is InChI=1S/C14H18N2O3/c1-10-7-8-11(9-13(10)16(18)19)14(17)15(2)12-5-3-4-6-12/h7-9,12H,3-6H2,1-2H3. The van der Waals surface area contributed by atoms with Crippen LogP contribution in [0.1, 0.15) is 41.6 Å². The fourth-order valence-corrected chi connectivity index (χ4v) is 2.60. The molecule has 0 spiro atoms. The Morgan fingerprint density at radius 3 is 2.58 bits per heavy atom. The molecule has 5 heteroatoms. The van der Waals surface area contributed by atoms with Crippen molar-refractivity contribution in [1.29, 1.82) is 0 Å². The molecule has 0 heterocycles. The number of nitrogens with zero attached hydrogens (tertiary/aromatic N) is 2. The minimum absolute atomic E-state index is 0.00525. The van der Waals surface area contributed by atoms with E-state index in [1.807, 2.05) is 0 Å². The zero-order valence-electron chi connectivity index (χ0n) is 11.3. The predicted molar refractivity (Wildman–Crippen MR) is 72.2 cm³/mol. The quantitative estimate of drug-likeness (QED) is 0.621. The van der Waals surface area contributed by atoms with Crippen LogP contribution >= 0.6 is 0 Å². The lowest BCUT2D eigenvalue weighted by Crippen LogP contribution is -2.35. The molecule has 0 aliphatic heterocycles. The normalized spacial score (nSPS) is 15.5.